The maximum Gasteiger partial charge on any atom is 0.222 e. The zero-order valence-corrected chi connectivity index (χ0v) is 11.4. The van der Waals surface area contributed by atoms with Crippen LogP contribution in [0.3, 0.4) is 0 Å². The number of hydrogen-bond acceptors (Lipinski definition) is 4. The monoisotopic (exact) mass is 264 g/mol. The van der Waals surface area contributed by atoms with Gasteiger partial charge in [-0.2, -0.15) is 0 Å². The van der Waals surface area contributed by atoms with E-state index in [9.17, 15) is 4.79 Å². The van der Waals surface area contributed by atoms with Crippen LogP contribution in [0.25, 0.3) is 0 Å². The fourth-order valence-corrected chi connectivity index (χ4v) is 2.47. The van der Waals surface area contributed by atoms with Crippen LogP contribution < -0.4 is 20.1 Å². The number of rotatable bonds is 4. The highest BCUT2D eigenvalue weighted by Crippen LogP contribution is 2.34. The van der Waals surface area contributed by atoms with Gasteiger partial charge in [-0.1, -0.05) is 0 Å². The zero-order valence-electron chi connectivity index (χ0n) is 11.4. The molecule has 0 aliphatic carbocycles. The Morgan fingerprint density at radius 2 is 2.16 bits per heavy atom. The summed E-state index contributed by atoms with van der Waals surface area (Å²) in [5.41, 5.74) is 6.39. The van der Waals surface area contributed by atoms with Crippen molar-refractivity contribution in [3.05, 3.63) is 18.2 Å². The van der Waals surface area contributed by atoms with Gasteiger partial charge >= 0.3 is 0 Å². The summed E-state index contributed by atoms with van der Waals surface area (Å²) in [5, 5.41) is 0. The molecule has 0 radical (unpaired) electrons. The first kappa shape index (κ1) is 13.5. The molecule has 1 aromatic carbocycles. The number of carbonyl (C=O) groups is 1. The summed E-state index contributed by atoms with van der Waals surface area (Å²) in [6.07, 6.45) is 1.83. The second-order valence-corrected chi connectivity index (χ2v) is 4.73. The highest BCUT2D eigenvalue weighted by atomic mass is 16.5. The number of nitrogens with two attached hydrogens (primary N) is 1. The first-order valence-corrected chi connectivity index (χ1v) is 6.42. The third kappa shape index (κ3) is 2.92. The minimum absolute atomic E-state index is 0.0828. The Morgan fingerprint density at radius 1 is 1.37 bits per heavy atom. The molecule has 1 amide bonds. The van der Waals surface area contributed by atoms with E-state index in [2.05, 4.69) is 4.90 Å². The molecule has 5 nitrogen and oxygen atoms in total. The van der Waals surface area contributed by atoms with E-state index in [1.807, 2.05) is 18.2 Å². The molecule has 2 rings (SSSR count). The maximum absolute atomic E-state index is 11.3. The van der Waals surface area contributed by atoms with Gasteiger partial charge < -0.3 is 20.1 Å². The average Bonchev–Trinajstić information content (AvgIpc) is 2.46. The van der Waals surface area contributed by atoms with E-state index >= 15 is 0 Å². The Balaban J connectivity index is 2.23. The number of carbonyl (C=O) groups excluding carboxylic acids is 1. The first-order valence-electron chi connectivity index (χ1n) is 6.42. The van der Waals surface area contributed by atoms with Gasteiger partial charge in [0.1, 0.15) is 11.5 Å². The van der Waals surface area contributed by atoms with Crippen LogP contribution in [0.5, 0.6) is 11.5 Å². The van der Waals surface area contributed by atoms with Gasteiger partial charge in [-0.15, -0.1) is 0 Å². The molecule has 19 heavy (non-hydrogen) atoms. The topological polar surface area (TPSA) is 64.8 Å². The first-order chi connectivity index (χ1) is 9.15. The van der Waals surface area contributed by atoms with Crippen LogP contribution in [0.1, 0.15) is 12.8 Å². The molecule has 1 aromatic rings. The summed E-state index contributed by atoms with van der Waals surface area (Å²) in [4.78, 5) is 13.5. The third-order valence-electron chi connectivity index (χ3n) is 3.55. The standard InChI is InChI=1S/C14H20N2O3/c1-18-11-5-6-12(13(8-11)19-2)16-7-3-4-10(9-16)14(15)17/h5-6,8,10H,3-4,7,9H2,1-2H3,(H2,15,17). The summed E-state index contributed by atoms with van der Waals surface area (Å²) in [7, 11) is 3.26. The van der Waals surface area contributed by atoms with E-state index in [1.54, 1.807) is 14.2 Å². The molecule has 0 bridgehead atoms. The van der Waals surface area contributed by atoms with E-state index in [0.29, 0.717) is 6.54 Å². The third-order valence-corrected chi connectivity index (χ3v) is 3.55. The molecular formula is C14H20N2O3. The van der Waals surface area contributed by atoms with Crippen molar-refractivity contribution in [3.63, 3.8) is 0 Å². The van der Waals surface area contributed by atoms with E-state index in [-0.39, 0.29) is 11.8 Å². The summed E-state index contributed by atoms with van der Waals surface area (Å²) in [6, 6.07) is 5.70. The predicted molar refractivity (Wildman–Crippen MR) is 73.7 cm³/mol. The lowest BCUT2D eigenvalue weighted by Crippen LogP contribution is -2.41. The van der Waals surface area contributed by atoms with Gasteiger partial charge in [-0.05, 0) is 25.0 Å². The van der Waals surface area contributed by atoms with Crippen molar-refractivity contribution in [1.29, 1.82) is 0 Å². The van der Waals surface area contributed by atoms with Crippen molar-refractivity contribution in [3.8, 4) is 11.5 Å². The molecule has 104 valence electrons. The van der Waals surface area contributed by atoms with Gasteiger partial charge in [-0.25, -0.2) is 0 Å². The van der Waals surface area contributed by atoms with Gasteiger partial charge in [0.2, 0.25) is 5.91 Å². The Labute approximate surface area is 113 Å². The van der Waals surface area contributed by atoms with E-state index in [0.717, 1.165) is 36.6 Å². The van der Waals surface area contributed by atoms with E-state index in [1.165, 1.54) is 0 Å². The number of primary amides is 1. The number of ether oxygens (including phenoxy) is 2. The number of nitrogens with zero attached hydrogens (tertiary/aromatic N) is 1. The summed E-state index contributed by atoms with van der Waals surface area (Å²) < 4.78 is 10.6. The minimum atomic E-state index is -0.225. The number of hydrogen-bond donors (Lipinski definition) is 1. The van der Waals surface area contributed by atoms with Crippen molar-refractivity contribution in [2.45, 2.75) is 12.8 Å². The zero-order chi connectivity index (χ0) is 13.8. The lowest BCUT2D eigenvalue weighted by molar-refractivity contribution is -0.122. The van der Waals surface area contributed by atoms with Gasteiger partial charge in [0.05, 0.1) is 25.8 Å². The van der Waals surface area contributed by atoms with Crippen LogP contribution >= 0.6 is 0 Å². The molecule has 5 heteroatoms. The molecule has 1 saturated heterocycles. The van der Waals surface area contributed by atoms with Gasteiger partial charge in [0.15, 0.2) is 0 Å². The summed E-state index contributed by atoms with van der Waals surface area (Å²) >= 11 is 0. The molecule has 1 fully saturated rings. The summed E-state index contributed by atoms with van der Waals surface area (Å²) in [5.74, 6) is 1.20. The lowest BCUT2D eigenvalue weighted by Gasteiger charge is -2.33. The molecule has 2 N–H and O–H groups in total. The van der Waals surface area contributed by atoms with Gasteiger partial charge in [0, 0.05) is 19.2 Å². The van der Waals surface area contributed by atoms with Crippen LogP contribution in [0.15, 0.2) is 18.2 Å². The van der Waals surface area contributed by atoms with Crippen molar-refractivity contribution in [1.82, 2.24) is 0 Å². The molecule has 1 aliphatic rings. The Kier molecular flexibility index (Phi) is 4.14. The van der Waals surface area contributed by atoms with Crippen LogP contribution in [0.2, 0.25) is 0 Å². The number of methoxy groups -OCH3 is 2. The Morgan fingerprint density at radius 3 is 2.79 bits per heavy atom. The van der Waals surface area contributed by atoms with E-state index in [4.69, 9.17) is 15.2 Å². The average molecular weight is 264 g/mol. The van der Waals surface area contributed by atoms with Crippen LogP contribution in [0.4, 0.5) is 5.69 Å². The number of benzene rings is 1. The SMILES string of the molecule is COc1ccc(N2CCCC(C(N)=O)C2)c(OC)c1. The largest absolute Gasteiger partial charge is 0.497 e. The minimum Gasteiger partial charge on any atom is -0.497 e. The van der Waals surface area contributed by atoms with Crippen molar-refractivity contribution >= 4 is 11.6 Å². The molecule has 0 spiro atoms. The molecule has 0 aromatic heterocycles. The van der Waals surface area contributed by atoms with Crippen LogP contribution in [-0.2, 0) is 4.79 Å². The fraction of sp³-hybridized carbons (Fsp3) is 0.500. The van der Waals surface area contributed by atoms with Crippen molar-refractivity contribution in [2.75, 3.05) is 32.2 Å². The van der Waals surface area contributed by atoms with Crippen molar-refractivity contribution in [2.24, 2.45) is 11.7 Å². The molecule has 1 unspecified atom stereocenters. The fourth-order valence-electron chi connectivity index (χ4n) is 2.47. The van der Waals surface area contributed by atoms with E-state index < -0.39 is 0 Å². The van der Waals surface area contributed by atoms with Crippen molar-refractivity contribution < 1.29 is 14.3 Å². The van der Waals surface area contributed by atoms with Gasteiger partial charge in [0.25, 0.3) is 0 Å². The highest BCUT2D eigenvalue weighted by molar-refractivity contribution is 5.78. The molecule has 0 saturated carbocycles. The van der Waals surface area contributed by atoms with Crippen LogP contribution in [0, 0.1) is 5.92 Å². The number of amides is 1. The Hall–Kier alpha value is -1.91. The highest BCUT2D eigenvalue weighted by Gasteiger charge is 2.25. The number of piperidine rings is 1. The molecule has 1 aliphatic heterocycles. The molecular weight excluding hydrogens is 244 g/mol. The molecule has 1 heterocycles. The maximum atomic E-state index is 11.3. The van der Waals surface area contributed by atoms with Gasteiger partial charge in [-0.3, -0.25) is 4.79 Å². The molecule has 1 atom stereocenters. The predicted octanol–water partition coefficient (Wildman–Crippen LogP) is 1.41. The quantitative estimate of drug-likeness (QED) is 0.893. The second kappa shape index (κ2) is 5.82. The lowest BCUT2D eigenvalue weighted by atomic mass is 9.97. The smallest absolute Gasteiger partial charge is 0.222 e. The summed E-state index contributed by atoms with van der Waals surface area (Å²) in [6.45, 7) is 1.56. The normalized spacial score (nSPS) is 19.1. The second-order valence-electron chi connectivity index (χ2n) is 4.73. The Bertz CT molecular complexity index is 462. The van der Waals surface area contributed by atoms with Crippen LogP contribution in [-0.4, -0.2) is 33.2 Å². The number of anilines is 1.